The molecule has 0 saturated heterocycles. The van der Waals surface area contributed by atoms with Gasteiger partial charge in [0, 0.05) is 32.3 Å². The number of benzene rings is 2. The lowest BCUT2D eigenvalue weighted by Gasteiger charge is -2.12. The van der Waals surface area contributed by atoms with Crippen molar-refractivity contribution in [3.63, 3.8) is 0 Å². The zero-order valence-electron chi connectivity index (χ0n) is 15.3. The minimum atomic E-state index is -0.220. The third kappa shape index (κ3) is 6.72. The minimum Gasteiger partial charge on any atom is -0.497 e. The van der Waals surface area contributed by atoms with Crippen molar-refractivity contribution in [1.29, 1.82) is 0 Å². The largest absolute Gasteiger partial charge is 0.497 e. The molecule has 0 aliphatic carbocycles. The monoisotopic (exact) mass is 359 g/mol. The third-order valence-corrected chi connectivity index (χ3v) is 3.81. The first-order valence-corrected chi connectivity index (χ1v) is 8.61. The predicted molar refractivity (Wildman–Crippen MR) is 102 cm³/mol. The molecule has 0 bridgehead atoms. The number of rotatable bonds is 9. The molecule has 0 spiro atoms. The molecule has 0 amide bonds. The van der Waals surface area contributed by atoms with Crippen LogP contribution in [0.1, 0.15) is 17.5 Å². The lowest BCUT2D eigenvalue weighted by atomic mass is 10.2. The smallest absolute Gasteiger partial charge is 0.191 e. The van der Waals surface area contributed by atoms with Gasteiger partial charge in [-0.25, -0.2) is 4.39 Å². The van der Waals surface area contributed by atoms with Gasteiger partial charge in [0.2, 0.25) is 0 Å². The van der Waals surface area contributed by atoms with Gasteiger partial charge >= 0.3 is 0 Å². The topological polar surface area (TPSA) is 54.9 Å². The molecule has 0 heterocycles. The van der Waals surface area contributed by atoms with Crippen LogP contribution in [0, 0.1) is 5.82 Å². The molecule has 0 atom stereocenters. The van der Waals surface area contributed by atoms with E-state index in [1.165, 1.54) is 6.07 Å². The van der Waals surface area contributed by atoms with Crippen molar-refractivity contribution in [3.05, 3.63) is 65.5 Å². The summed E-state index contributed by atoms with van der Waals surface area (Å²) in [5.41, 5.74) is 1.72. The Kier molecular flexibility index (Phi) is 8.42. The molecule has 140 valence electrons. The van der Waals surface area contributed by atoms with E-state index < -0.39 is 0 Å². The first kappa shape index (κ1) is 19.7. The Hall–Kier alpha value is -2.60. The number of hydrogen-bond acceptors (Lipinski definition) is 3. The highest BCUT2D eigenvalue weighted by Crippen LogP contribution is 2.11. The van der Waals surface area contributed by atoms with Crippen LogP contribution < -0.4 is 15.4 Å². The summed E-state index contributed by atoms with van der Waals surface area (Å²) in [7, 11) is 3.34. The first-order chi connectivity index (χ1) is 12.7. The van der Waals surface area contributed by atoms with Crippen molar-refractivity contribution in [2.24, 2.45) is 4.99 Å². The van der Waals surface area contributed by atoms with E-state index in [1.54, 1.807) is 26.3 Å². The summed E-state index contributed by atoms with van der Waals surface area (Å²) in [5, 5.41) is 6.29. The van der Waals surface area contributed by atoms with Gasteiger partial charge in [-0.3, -0.25) is 4.99 Å². The first-order valence-electron chi connectivity index (χ1n) is 8.61. The molecule has 2 aromatic rings. The molecular formula is C20H26FN3O2. The molecule has 0 fully saturated rings. The zero-order valence-corrected chi connectivity index (χ0v) is 15.3. The molecule has 6 heteroatoms. The lowest BCUT2D eigenvalue weighted by Crippen LogP contribution is -2.37. The second-order valence-electron chi connectivity index (χ2n) is 5.70. The van der Waals surface area contributed by atoms with Gasteiger partial charge in [-0.15, -0.1) is 0 Å². The van der Waals surface area contributed by atoms with Crippen molar-refractivity contribution in [2.75, 3.05) is 27.3 Å². The Morgan fingerprint density at radius 2 is 1.85 bits per heavy atom. The highest BCUT2D eigenvalue weighted by Gasteiger charge is 2.02. The Morgan fingerprint density at radius 1 is 1.08 bits per heavy atom. The fraction of sp³-hybridized carbons (Fsp3) is 0.350. The van der Waals surface area contributed by atoms with E-state index in [0.29, 0.717) is 31.3 Å². The van der Waals surface area contributed by atoms with Crippen LogP contribution in [0.3, 0.4) is 0 Å². The Morgan fingerprint density at radius 3 is 2.54 bits per heavy atom. The predicted octanol–water partition coefficient (Wildman–Crippen LogP) is 3.11. The summed E-state index contributed by atoms with van der Waals surface area (Å²) < 4.78 is 24.4. The zero-order chi connectivity index (χ0) is 18.6. The van der Waals surface area contributed by atoms with E-state index >= 15 is 0 Å². The Labute approximate surface area is 154 Å². The van der Waals surface area contributed by atoms with Crippen molar-refractivity contribution in [1.82, 2.24) is 10.6 Å². The highest BCUT2D eigenvalue weighted by atomic mass is 19.1. The summed E-state index contributed by atoms with van der Waals surface area (Å²) in [6.07, 6.45) is 0.844. The van der Waals surface area contributed by atoms with Crippen LogP contribution in [0.15, 0.2) is 53.5 Å². The second-order valence-corrected chi connectivity index (χ2v) is 5.70. The molecule has 0 radical (unpaired) electrons. The average molecular weight is 359 g/mol. The third-order valence-electron chi connectivity index (χ3n) is 3.81. The van der Waals surface area contributed by atoms with Gasteiger partial charge < -0.3 is 20.1 Å². The second kappa shape index (κ2) is 11.1. The van der Waals surface area contributed by atoms with Crippen LogP contribution in [0.25, 0.3) is 0 Å². The Balaban J connectivity index is 1.59. The summed E-state index contributed by atoms with van der Waals surface area (Å²) in [5.74, 6) is 1.26. The normalized spacial score (nSPS) is 11.3. The molecule has 26 heavy (non-hydrogen) atoms. The number of hydrogen-bond donors (Lipinski definition) is 2. The number of guanidine groups is 1. The molecular weight excluding hydrogens is 333 g/mol. The molecule has 0 aromatic heterocycles. The van der Waals surface area contributed by atoms with Crippen molar-refractivity contribution in [2.45, 2.75) is 19.6 Å². The number of ether oxygens (including phenoxy) is 2. The van der Waals surface area contributed by atoms with Gasteiger partial charge in [0.05, 0.1) is 13.7 Å². The summed E-state index contributed by atoms with van der Waals surface area (Å²) in [4.78, 5) is 4.13. The molecule has 0 saturated carbocycles. The van der Waals surface area contributed by atoms with Crippen molar-refractivity contribution in [3.8, 4) is 5.75 Å². The van der Waals surface area contributed by atoms with Gasteiger partial charge in [0.1, 0.15) is 11.6 Å². The quantitative estimate of drug-likeness (QED) is 0.410. The van der Waals surface area contributed by atoms with Crippen LogP contribution in [-0.4, -0.2) is 33.3 Å². The van der Waals surface area contributed by atoms with Crippen LogP contribution in [0.5, 0.6) is 5.75 Å². The molecule has 5 nitrogen and oxygen atoms in total. The van der Waals surface area contributed by atoms with E-state index in [9.17, 15) is 4.39 Å². The molecule has 0 aliphatic rings. The van der Waals surface area contributed by atoms with Crippen LogP contribution in [0.2, 0.25) is 0 Å². The number of aliphatic imine (C=N–C) groups is 1. The standard InChI is InChI=1S/C20H26FN3O2/c1-22-20(24-14-17-6-3-4-7-19(17)21)23-12-5-13-26-15-16-8-10-18(25-2)11-9-16/h3-4,6-11H,5,12-15H2,1-2H3,(H2,22,23,24). The van der Waals surface area contributed by atoms with E-state index in [-0.39, 0.29) is 5.82 Å². The summed E-state index contributed by atoms with van der Waals surface area (Å²) in [6.45, 7) is 2.33. The van der Waals surface area contributed by atoms with Gasteiger partial charge in [0.15, 0.2) is 5.96 Å². The van der Waals surface area contributed by atoms with Crippen LogP contribution in [0.4, 0.5) is 4.39 Å². The Bertz CT molecular complexity index is 690. The van der Waals surface area contributed by atoms with E-state index in [0.717, 1.165) is 24.3 Å². The van der Waals surface area contributed by atoms with E-state index in [4.69, 9.17) is 9.47 Å². The molecule has 0 unspecified atom stereocenters. The summed E-state index contributed by atoms with van der Waals surface area (Å²) >= 11 is 0. The fourth-order valence-corrected chi connectivity index (χ4v) is 2.33. The molecule has 2 aromatic carbocycles. The maximum absolute atomic E-state index is 13.6. The van der Waals surface area contributed by atoms with Gasteiger partial charge in [-0.1, -0.05) is 30.3 Å². The van der Waals surface area contributed by atoms with Gasteiger partial charge in [0.25, 0.3) is 0 Å². The van der Waals surface area contributed by atoms with Gasteiger partial charge in [-0.2, -0.15) is 0 Å². The number of nitrogens with zero attached hydrogens (tertiary/aromatic N) is 1. The van der Waals surface area contributed by atoms with Crippen LogP contribution >= 0.6 is 0 Å². The van der Waals surface area contributed by atoms with E-state index in [1.807, 2.05) is 30.3 Å². The fourth-order valence-electron chi connectivity index (χ4n) is 2.33. The minimum absolute atomic E-state index is 0.220. The van der Waals surface area contributed by atoms with E-state index in [2.05, 4.69) is 15.6 Å². The average Bonchev–Trinajstić information content (AvgIpc) is 2.68. The van der Waals surface area contributed by atoms with Crippen molar-refractivity contribution >= 4 is 5.96 Å². The number of nitrogens with one attached hydrogen (secondary N) is 2. The molecule has 0 aliphatic heterocycles. The molecule has 2 rings (SSSR count). The maximum Gasteiger partial charge on any atom is 0.191 e. The number of halogens is 1. The lowest BCUT2D eigenvalue weighted by molar-refractivity contribution is 0.119. The maximum atomic E-state index is 13.6. The van der Waals surface area contributed by atoms with Gasteiger partial charge in [-0.05, 0) is 30.2 Å². The number of methoxy groups -OCH3 is 1. The molecule has 2 N–H and O–H groups in total. The van der Waals surface area contributed by atoms with Crippen molar-refractivity contribution < 1.29 is 13.9 Å². The highest BCUT2D eigenvalue weighted by molar-refractivity contribution is 5.79. The SMILES string of the molecule is CN=C(NCCCOCc1ccc(OC)cc1)NCc1ccccc1F. The van der Waals surface area contributed by atoms with Crippen LogP contribution in [-0.2, 0) is 17.9 Å². The summed E-state index contributed by atoms with van der Waals surface area (Å²) in [6, 6.07) is 14.5.